The van der Waals surface area contributed by atoms with Crippen LogP contribution < -0.4 is 11.4 Å². The van der Waals surface area contributed by atoms with E-state index in [1.807, 2.05) is 30.3 Å². The highest BCUT2D eigenvalue weighted by molar-refractivity contribution is 5.92. The molecule has 0 saturated carbocycles. The first-order chi connectivity index (χ1) is 12.6. The molecule has 26 heavy (non-hydrogen) atoms. The van der Waals surface area contributed by atoms with Crippen molar-refractivity contribution in [1.82, 2.24) is 19.1 Å². The number of hydrogen-bond donors (Lipinski definition) is 1. The van der Waals surface area contributed by atoms with Crippen molar-refractivity contribution >= 4 is 16.9 Å². The van der Waals surface area contributed by atoms with E-state index in [0.717, 1.165) is 16.6 Å². The lowest BCUT2D eigenvalue weighted by Crippen LogP contribution is -2.25. The predicted molar refractivity (Wildman–Crippen MR) is 97.2 cm³/mol. The number of carbonyl (C=O) groups excluding carboxylic acids is 1. The molecule has 0 aliphatic carbocycles. The molecular formula is C19H15N5O2. The third-order valence-corrected chi connectivity index (χ3v) is 4.14. The van der Waals surface area contributed by atoms with Crippen LogP contribution in [0.25, 0.3) is 17.0 Å². The van der Waals surface area contributed by atoms with Crippen LogP contribution >= 0.6 is 0 Å². The van der Waals surface area contributed by atoms with E-state index in [-0.39, 0.29) is 5.69 Å². The Morgan fingerprint density at radius 2 is 1.69 bits per heavy atom. The molecule has 0 atom stereocenters. The van der Waals surface area contributed by atoms with Gasteiger partial charge < -0.3 is 5.73 Å². The van der Waals surface area contributed by atoms with Gasteiger partial charge in [0, 0.05) is 18.0 Å². The summed E-state index contributed by atoms with van der Waals surface area (Å²) in [6.45, 7) is 0.306. The Kier molecular flexibility index (Phi) is 3.81. The van der Waals surface area contributed by atoms with Gasteiger partial charge in [-0.2, -0.15) is 0 Å². The zero-order chi connectivity index (χ0) is 18.1. The van der Waals surface area contributed by atoms with Crippen LogP contribution in [-0.4, -0.2) is 25.0 Å². The first-order valence-electron chi connectivity index (χ1n) is 8.01. The zero-order valence-corrected chi connectivity index (χ0v) is 13.7. The van der Waals surface area contributed by atoms with Gasteiger partial charge in [0.25, 0.3) is 0 Å². The number of imidazole rings is 1. The Balaban J connectivity index is 1.89. The van der Waals surface area contributed by atoms with Gasteiger partial charge in [0.2, 0.25) is 11.9 Å². The fraction of sp³-hybridized carbons (Fsp3) is 0.0526. The van der Waals surface area contributed by atoms with Crippen molar-refractivity contribution in [3.05, 3.63) is 88.6 Å². The van der Waals surface area contributed by atoms with E-state index in [1.165, 1.54) is 4.57 Å². The van der Waals surface area contributed by atoms with Crippen LogP contribution in [0.2, 0.25) is 0 Å². The predicted octanol–water partition coefficient (Wildman–Crippen LogP) is 1.73. The van der Waals surface area contributed by atoms with Gasteiger partial charge in [-0.1, -0.05) is 24.3 Å². The second-order valence-corrected chi connectivity index (χ2v) is 5.81. The highest BCUT2D eigenvalue weighted by Crippen LogP contribution is 2.17. The number of aromatic nitrogens is 4. The molecule has 4 rings (SSSR count). The van der Waals surface area contributed by atoms with Crippen LogP contribution in [0.5, 0.6) is 0 Å². The van der Waals surface area contributed by atoms with Crippen LogP contribution in [0.4, 0.5) is 0 Å². The molecule has 2 aromatic carbocycles. The largest absolute Gasteiger partial charge is 0.366 e. The number of fused-ring (bicyclic) bond motifs is 1. The van der Waals surface area contributed by atoms with Gasteiger partial charge >= 0.3 is 5.69 Å². The van der Waals surface area contributed by atoms with Crippen LogP contribution in [-0.2, 0) is 6.54 Å². The highest BCUT2D eigenvalue weighted by atomic mass is 16.2. The monoisotopic (exact) mass is 345 g/mol. The van der Waals surface area contributed by atoms with E-state index in [9.17, 15) is 9.59 Å². The van der Waals surface area contributed by atoms with Gasteiger partial charge in [0.15, 0.2) is 0 Å². The summed E-state index contributed by atoms with van der Waals surface area (Å²) in [7, 11) is 0. The topological polar surface area (TPSA) is 95.8 Å². The van der Waals surface area contributed by atoms with E-state index in [2.05, 4.69) is 9.97 Å². The molecule has 0 radical (unpaired) electrons. The van der Waals surface area contributed by atoms with Crippen LogP contribution in [0.1, 0.15) is 15.9 Å². The Morgan fingerprint density at radius 1 is 0.962 bits per heavy atom. The molecule has 128 valence electrons. The van der Waals surface area contributed by atoms with Crippen molar-refractivity contribution < 1.29 is 4.79 Å². The molecular weight excluding hydrogens is 330 g/mol. The average Bonchev–Trinajstić information content (AvgIpc) is 2.94. The summed E-state index contributed by atoms with van der Waals surface area (Å²) < 4.78 is 3.11. The third-order valence-electron chi connectivity index (χ3n) is 4.14. The lowest BCUT2D eigenvalue weighted by Gasteiger charge is -2.05. The summed E-state index contributed by atoms with van der Waals surface area (Å²) in [6.07, 6.45) is 3.19. The smallest absolute Gasteiger partial charge is 0.336 e. The second kappa shape index (κ2) is 6.29. The number of amides is 1. The fourth-order valence-corrected chi connectivity index (χ4v) is 2.97. The van der Waals surface area contributed by atoms with E-state index < -0.39 is 5.91 Å². The molecule has 0 spiro atoms. The fourth-order valence-electron chi connectivity index (χ4n) is 2.97. The molecule has 4 aromatic rings. The molecule has 0 unspecified atom stereocenters. The van der Waals surface area contributed by atoms with Gasteiger partial charge in [-0.25, -0.2) is 19.3 Å². The normalized spacial score (nSPS) is 10.9. The lowest BCUT2D eigenvalue weighted by atomic mass is 10.1. The number of rotatable bonds is 4. The first kappa shape index (κ1) is 15.8. The molecule has 7 nitrogen and oxygen atoms in total. The summed E-state index contributed by atoms with van der Waals surface area (Å²) in [5.41, 5.74) is 7.79. The minimum atomic E-state index is -0.501. The van der Waals surface area contributed by atoms with E-state index in [0.29, 0.717) is 18.1 Å². The standard InChI is InChI=1S/C19H15N5O2/c20-17(25)14-6-3-5-13(11-14)12-23-15-7-1-2-8-16(15)24(19(23)26)18-21-9-4-10-22-18/h1-11H,12H2,(H2,20,25). The minimum absolute atomic E-state index is 0.248. The molecule has 2 heterocycles. The number of para-hydroxylation sites is 2. The summed E-state index contributed by atoms with van der Waals surface area (Å²) >= 11 is 0. The van der Waals surface area contributed by atoms with Gasteiger partial charge in [0.05, 0.1) is 17.6 Å². The average molecular weight is 345 g/mol. The Bertz CT molecular complexity index is 1160. The first-order valence-corrected chi connectivity index (χ1v) is 8.01. The van der Waals surface area contributed by atoms with Crippen molar-refractivity contribution in [2.75, 3.05) is 0 Å². The van der Waals surface area contributed by atoms with Crippen molar-refractivity contribution in [3.63, 3.8) is 0 Å². The molecule has 1 amide bonds. The van der Waals surface area contributed by atoms with Gasteiger partial charge in [-0.15, -0.1) is 0 Å². The number of hydrogen-bond acceptors (Lipinski definition) is 4. The SMILES string of the molecule is NC(=O)c1cccc(Cn2c(=O)n(-c3ncccn3)c3ccccc32)c1. The molecule has 2 N–H and O–H groups in total. The number of carbonyl (C=O) groups is 1. The molecule has 2 aromatic heterocycles. The van der Waals surface area contributed by atoms with Crippen LogP contribution in [0, 0.1) is 0 Å². The summed E-state index contributed by atoms with van der Waals surface area (Å²) in [4.78, 5) is 32.9. The Labute approximate surface area is 148 Å². The van der Waals surface area contributed by atoms with E-state index in [4.69, 9.17) is 5.73 Å². The van der Waals surface area contributed by atoms with Crippen molar-refractivity contribution in [3.8, 4) is 5.95 Å². The lowest BCUT2D eigenvalue weighted by molar-refractivity contribution is 0.1000. The summed E-state index contributed by atoms with van der Waals surface area (Å²) in [5.74, 6) is -0.183. The number of nitrogens with two attached hydrogens (primary N) is 1. The molecule has 0 aliphatic heterocycles. The highest BCUT2D eigenvalue weighted by Gasteiger charge is 2.16. The molecule has 7 heteroatoms. The third kappa shape index (κ3) is 2.65. The van der Waals surface area contributed by atoms with Crippen molar-refractivity contribution in [2.45, 2.75) is 6.54 Å². The maximum atomic E-state index is 13.1. The number of benzene rings is 2. The van der Waals surface area contributed by atoms with Gasteiger partial charge in [0.1, 0.15) is 0 Å². The van der Waals surface area contributed by atoms with Gasteiger partial charge in [-0.3, -0.25) is 9.36 Å². The molecule has 0 fully saturated rings. The Morgan fingerprint density at radius 3 is 2.42 bits per heavy atom. The molecule has 0 saturated heterocycles. The van der Waals surface area contributed by atoms with Crippen molar-refractivity contribution in [1.29, 1.82) is 0 Å². The zero-order valence-electron chi connectivity index (χ0n) is 13.7. The molecule has 0 bridgehead atoms. The maximum absolute atomic E-state index is 13.1. The van der Waals surface area contributed by atoms with E-state index >= 15 is 0 Å². The van der Waals surface area contributed by atoms with Crippen LogP contribution in [0.3, 0.4) is 0 Å². The second-order valence-electron chi connectivity index (χ2n) is 5.81. The number of primary amides is 1. The van der Waals surface area contributed by atoms with Crippen LogP contribution in [0.15, 0.2) is 71.8 Å². The number of nitrogens with zero attached hydrogens (tertiary/aromatic N) is 4. The summed E-state index contributed by atoms with van der Waals surface area (Å²) in [6, 6.07) is 16.1. The minimum Gasteiger partial charge on any atom is -0.366 e. The van der Waals surface area contributed by atoms with E-state index in [1.54, 1.807) is 41.2 Å². The van der Waals surface area contributed by atoms with Crippen molar-refractivity contribution in [2.24, 2.45) is 5.73 Å². The quantitative estimate of drug-likeness (QED) is 0.609. The Hall–Kier alpha value is -3.74. The maximum Gasteiger partial charge on any atom is 0.336 e. The van der Waals surface area contributed by atoms with Gasteiger partial charge in [-0.05, 0) is 35.9 Å². The summed E-state index contributed by atoms with van der Waals surface area (Å²) in [5, 5.41) is 0. The molecule has 0 aliphatic rings.